The minimum Gasteiger partial charge on any atom is -0.478 e. The molecule has 0 spiro atoms. The lowest BCUT2D eigenvalue weighted by Crippen LogP contribution is -2.05. The van der Waals surface area contributed by atoms with E-state index in [1.807, 2.05) is 12.1 Å². The van der Waals surface area contributed by atoms with Crippen LogP contribution in [0.1, 0.15) is 20.7 Å². The summed E-state index contributed by atoms with van der Waals surface area (Å²) in [5, 5.41) is 18.9. The molecule has 0 unspecified atom stereocenters. The second kappa shape index (κ2) is 7.92. The van der Waals surface area contributed by atoms with Gasteiger partial charge in [0, 0.05) is 12.4 Å². The Bertz CT molecular complexity index is 1180. The number of aromatic carboxylic acids is 2. The Labute approximate surface area is 171 Å². The number of rotatable bonds is 5. The zero-order chi connectivity index (χ0) is 21.1. The van der Waals surface area contributed by atoms with E-state index in [1.165, 1.54) is 12.1 Å². The van der Waals surface area contributed by atoms with E-state index in [4.69, 9.17) is 0 Å². The van der Waals surface area contributed by atoms with Crippen LogP contribution in [0.25, 0.3) is 33.9 Å². The summed E-state index contributed by atoms with van der Waals surface area (Å²) in [6, 6.07) is 18.4. The second-order valence-corrected chi connectivity index (χ2v) is 6.43. The van der Waals surface area contributed by atoms with Crippen LogP contribution in [0, 0.1) is 0 Å². The van der Waals surface area contributed by atoms with E-state index < -0.39 is 11.9 Å². The summed E-state index contributed by atoms with van der Waals surface area (Å²) in [5.74, 6) is -2.41. The lowest BCUT2D eigenvalue weighted by atomic mass is 9.96. The Kier molecular flexibility index (Phi) is 5.00. The van der Waals surface area contributed by atoms with Crippen molar-refractivity contribution in [1.29, 1.82) is 0 Å². The maximum Gasteiger partial charge on any atom is 0.336 e. The molecule has 0 saturated carbocycles. The van der Waals surface area contributed by atoms with E-state index in [2.05, 4.69) is 15.0 Å². The fourth-order valence-corrected chi connectivity index (χ4v) is 3.08. The smallest absolute Gasteiger partial charge is 0.336 e. The number of pyridine rings is 3. The van der Waals surface area contributed by atoms with Crippen LogP contribution >= 0.6 is 0 Å². The fraction of sp³-hybridized carbons (Fsp3) is 0. The number of carboxylic acids is 2. The van der Waals surface area contributed by atoms with Gasteiger partial charge in [-0.1, -0.05) is 18.2 Å². The molecule has 7 nitrogen and oxygen atoms in total. The Hall–Kier alpha value is -4.39. The molecular formula is C23H15N3O4. The molecule has 1 aromatic carbocycles. The van der Waals surface area contributed by atoms with Crippen LogP contribution in [-0.2, 0) is 0 Å². The molecule has 0 amide bonds. The first-order chi connectivity index (χ1) is 14.5. The maximum absolute atomic E-state index is 11.8. The molecule has 0 atom stereocenters. The normalized spacial score (nSPS) is 10.5. The van der Waals surface area contributed by atoms with Crippen molar-refractivity contribution in [2.75, 3.05) is 0 Å². The zero-order valence-corrected chi connectivity index (χ0v) is 15.6. The fourth-order valence-electron chi connectivity index (χ4n) is 3.08. The van der Waals surface area contributed by atoms with Gasteiger partial charge in [0.15, 0.2) is 0 Å². The lowest BCUT2D eigenvalue weighted by molar-refractivity contribution is 0.0696. The van der Waals surface area contributed by atoms with Gasteiger partial charge in [-0.25, -0.2) is 14.6 Å². The van der Waals surface area contributed by atoms with Crippen molar-refractivity contribution in [2.24, 2.45) is 0 Å². The van der Waals surface area contributed by atoms with E-state index in [1.54, 1.807) is 48.8 Å². The van der Waals surface area contributed by atoms with Crippen LogP contribution in [0.5, 0.6) is 0 Å². The Morgan fingerprint density at radius 3 is 1.73 bits per heavy atom. The van der Waals surface area contributed by atoms with Crippen molar-refractivity contribution >= 4 is 11.9 Å². The summed E-state index contributed by atoms with van der Waals surface area (Å²) in [6.45, 7) is 0. The van der Waals surface area contributed by atoms with Gasteiger partial charge in [0.2, 0.25) is 0 Å². The van der Waals surface area contributed by atoms with Gasteiger partial charge in [-0.2, -0.15) is 0 Å². The third kappa shape index (κ3) is 3.77. The summed E-state index contributed by atoms with van der Waals surface area (Å²) in [4.78, 5) is 36.5. The van der Waals surface area contributed by atoms with Crippen molar-refractivity contribution < 1.29 is 19.8 Å². The van der Waals surface area contributed by atoms with Gasteiger partial charge in [-0.15, -0.1) is 0 Å². The van der Waals surface area contributed by atoms with Gasteiger partial charge in [0.1, 0.15) is 0 Å². The summed E-state index contributed by atoms with van der Waals surface area (Å²) < 4.78 is 0. The number of carboxylic acid groups (broad SMARTS) is 2. The van der Waals surface area contributed by atoms with Gasteiger partial charge in [-0.3, -0.25) is 9.97 Å². The molecule has 0 fully saturated rings. The SMILES string of the molecule is O=C(O)c1ccc(-c2cc(-c3ccccn3)nc(-c3ccccn3)c2)c(C(=O)O)c1. The molecule has 4 rings (SSSR count). The highest BCUT2D eigenvalue weighted by atomic mass is 16.4. The van der Waals surface area contributed by atoms with Crippen LogP contribution in [0.4, 0.5) is 0 Å². The number of carbonyl (C=O) groups is 2. The molecule has 0 aliphatic heterocycles. The topological polar surface area (TPSA) is 113 Å². The van der Waals surface area contributed by atoms with E-state index in [0.29, 0.717) is 33.9 Å². The van der Waals surface area contributed by atoms with Gasteiger partial charge in [0.05, 0.1) is 33.9 Å². The molecule has 146 valence electrons. The van der Waals surface area contributed by atoms with Gasteiger partial charge in [-0.05, 0) is 59.7 Å². The minimum absolute atomic E-state index is 0.0971. The summed E-state index contributed by atoms with van der Waals surface area (Å²) in [6.07, 6.45) is 3.29. The molecule has 0 saturated heterocycles. The largest absolute Gasteiger partial charge is 0.478 e. The number of benzene rings is 1. The highest BCUT2D eigenvalue weighted by Gasteiger charge is 2.18. The lowest BCUT2D eigenvalue weighted by Gasteiger charge is -2.12. The number of hydrogen-bond acceptors (Lipinski definition) is 5. The van der Waals surface area contributed by atoms with E-state index in [9.17, 15) is 19.8 Å². The monoisotopic (exact) mass is 397 g/mol. The zero-order valence-electron chi connectivity index (χ0n) is 15.6. The molecule has 3 heterocycles. The van der Waals surface area contributed by atoms with Gasteiger partial charge >= 0.3 is 11.9 Å². The molecule has 0 aliphatic carbocycles. The molecule has 30 heavy (non-hydrogen) atoms. The molecular weight excluding hydrogens is 382 g/mol. The van der Waals surface area contributed by atoms with E-state index in [-0.39, 0.29) is 11.1 Å². The highest BCUT2D eigenvalue weighted by molar-refractivity contribution is 6.00. The van der Waals surface area contributed by atoms with Crippen LogP contribution in [-0.4, -0.2) is 37.1 Å². The number of hydrogen-bond donors (Lipinski definition) is 2. The van der Waals surface area contributed by atoms with Crippen LogP contribution in [0.2, 0.25) is 0 Å². The molecule has 3 aromatic heterocycles. The molecule has 7 heteroatoms. The first-order valence-corrected chi connectivity index (χ1v) is 8.99. The van der Waals surface area contributed by atoms with E-state index >= 15 is 0 Å². The summed E-state index contributed by atoms with van der Waals surface area (Å²) in [5.41, 5.74) is 3.08. The van der Waals surface area contributed by atoms with Crippen molar-refractivity contribution in [3.05, 3.63) is 90.3 Å². The quantitative estimate of drug-likeness (QED) is 0.517. The third-order valence-electron chi connectivity index (χ3n) is 4.49. The summed E-state index contributed by atoms with van der Waals surface area (Å²) in [7, 11) is 0. The second-order valence-electron chi connectivity index (χ2n) is 6.43. The average molecular weight is 397 g/mol. The Morgan fingerprint density at radius 2 is 1.27 bits per heavy atom. The Morgan fingerprint density at radius 1 is 0.667 bits per heavy atom. The van der Waals surface area contributed by atoms with Crippen molar-refractivity contribution in [3.8, 4) is 33.9 Å². The van der Waals surface area contributed by atoms with Crippen molar-refractivity contribution in [1.82, 2.24) is 15.0 Å². The number of nitrogens with zero attached hydrogens (tertiary/aromatic N) is 3. The molecule has 0 radical (unpaired) electrons. The molecule has 0 bridgehead atoms. The predicted octanol–water partition coefficient (Wildman–Crippen LogP) is 4.27. The molecule has 2 N–H and O–H groups in total. The van der Waals surface area contributed by atoms with Crippen molar-refractivity contribution in [3.63, 3.8) is 0 Å². The Balaban J connectivity index is 1.96. The molecule has 0 aliphatic rings. The van der Waals surface area contributed by atoms with E-state index in [0.717, 1.165) is 6.07 Å². The first kappa shape index (κ1) is 18.9. The van der Waals surface area contributed by atoms with Gasteiger partial charge < -0.3 is 10.2 Å². The summed E-state index contributed by atoms with van der Waals surface area (Å²) >= 11 is 0. The minimum atomic E-state index is -1.22. The number of aromatic nitrogens is 3. The standard InChI is InChI=1S/C23H15N3O4/c27-22(28)14-7-8-16(17(11-14)23(29)30)15-12-20(18-5-1-3-9-24-18)26-21(13-15)19-6-2-4-10-25-19/h1-13H,(H,27,28)(H,29,30). The maximum atomic E-state index is 11.8. The van der Waals surface area contributed by atoms with Crippen LogP contribution < -0.4 is 0 Å². The van der Waals surface area contributed by atoms with Gasteiger partial charge in [0.25, 0.3) is 0 Å². The van der Waals surface area contributed by atoms with Crippen LogP contribution in [0.15, 0.2) is 79.1 Å². The third-order valence-corrected chi connectivity index (χ3v) is 4.49. The average Bonchev–Trinajstić information content (AvgIpc) is 2.79. The predicted molar refractivity (Wildman–Crippen MR) is 110 cm³/mol. The van der Waals surface area contributed by atoms with Crippen molar-refractivity contribution in [2.45, 2.75) is 0 Å². The highest BCUT2D eigenvalue weighted by Crippen LogP contribution is 2.31. The van der Waals surface area contributed by atoms with Crippen LogP contribution in [0.3, 0.4) is 0 Å². The first-order valence-electron chi connectivity index (χ1n) is 8.99. The molecule has 4 aromatic rings.